The first kappa shape index (κ1) is 18.8. The Kier molecular flexibility index (Phi) is 6.01. The molecule has 3 rings (SSSR count). The molecule has 0 unspecified atom stereocenters. The number of carboxylic acid groups (broad SMARTS) is 1. The molecule has 1 aromatic carbocycles. The lowest BCUT2D eigenvalue weighted by atomic mass is 9.81. The fourth-order valence-electron chi connectivity index (χ4n) is 3.16. The highest BCUT2D eigenvalue weighted by Crippen LogP contribution is 2.29. The molecule has 0 aliphatic heterocycles. The molecule has 1 fully saturated rings. The molecular formula is C20H21FN2O4. The van der Waals surface area contributed by atoms with Gasteiger partial charge >= 0.3 is 5.97 Å². The summed E-state index contributed by atoms with van der Waals surface area (Å²) in [6.07, 6.45) is 2.24. The zero-order valence-electron chi connectivity index (χ0n) is 14.7. The van der Waals surface area contributed by atoms with E-state index in [0.29, 0.717) is 43.0 Å². The second-order valence-electron chi connectivity index (χ2n) is 6.63. The van der Waals surface area contributed by atoms with Gasteiger partial charge in [-0.15, -0.1) is 0 Å². The Morgan fingerprint density at radius 1 is 1.07 bits per heavy atom. The lowest BCUT2D eigenvalue weighted by molar-refractivity contribution is -0.144. The molecule has 2 N–H and O–H groups in total. The Labute approximate surface area is 156 Å². The van der Waals surface area contributed by atoms with Crippen LogP contribution < -0.4 is 10.1 Å². The van der Waals surface area contributed by atoms with Crippen LogP contribution in [0.5, 0.6) is 11.6 Å². The predicted molar refractivity (Wildman–Crippen MR) is 95.6 cm³/mol. The first-order valence-electron chi connectivity index (χ1n) is 8.91. The van der Waals surface area contributed by atoms with E-state index >= 15 is 0 Å². The van der Waals surface area contributed by atoms with Crippen molar-refractivity contribution in [2.75, 3.05) is 0 Å². The third kappa shape index (κ3) is 5.26. The van der Waals surface area contributed by atoms with E-state index in [1.165, 1.54) is 24.3 Å². The first-order chi connectivity index (χ1) is 13.0. The predicted octanol–water partition coefficient (Wildman–Crippen LogP) is 3.52. The number of aromatic nitrogens is 1. The molecule has 6 nitrogen and oxygen atoms in total. The van der Waals surface area contributed by atoms with Crippen molar-refractivity contribution < 1.29 is 23.8 Å². The van der Waals surface area contributed by atoms with Crippen LogP contribution in [-0.4, -0.2) is 22.0 Å². The Morgan fingerprint density at radius 2 is 1.74 bits per heavy atom. The molecule has 1 heterocycles. The minimum Gasteiger partial charge on any atom is -0.481 e. The van der Waals surface area contributed by atoms with E-state index in [2.05, 4.69) is 10.3 Å². The maximum atomic E-state index is 12.9. The number of ether oxygens (including phenoxy) is 1. The van der Waals surface area contributed by atoms with E-state index in [1.54, 1.807) is 18.2 Å². The number of pyridine rings is 1. The highest BCUT2D eigenvalue weighted by molar-refractivity contribution is 5.79. The Balaban J connectivity index is 1.51. The minimum atomic E-state index is -0.781. The second-order valence-corrected chi connectivity index (χ2v) is 6.63. The van der Waals surface area contributed by atoms with E-state index in [9.17, 15) is 14.0 Å². The van der Waals surface area contributed by atoms with Crippen LogP contribution in [0.4, 0.5) is 4.39 Å². The number of carbonyl (C=O) groups is 2. The number of rotatable bonds is 6. The van der Waals surface area contributed by atoms with Gasteiger partial charge in [0, 0.05) is 12.0 Å². The third-order valence-electron chi connectivity index (χ3n) is 4.71. The van der Waals surface area contributed by atoms with E-state index in [-0.39, 0.29) is 30.1 Å². The fourth-order valence-corrected chi connectivity index (χ4v) is 3.16. The highest BCUT2D eigenvalue weighted by atomic mass is 19.1. The summed E-state index contributed by atoms with van der Waals surface area (Å²) in [5.41, 5.74) is 0.641. The van der Waals surface area contributed by atoms with Crippen LogP contribution >= 0.6 is 0 Å². The second kappa shape index (κ2) is 8.62. The van der Waals surface area contributed by atoms with Crippen LogP contribution in [-0.2, 0) is 16.1 Å². The van der Waals surface area contributed by atoms with Crippen LogP contribution in [0.3, 0.4) is 0 Å². The number of hydrogen-bond acceptors (Lipinski definition) is 4. The fraction of sp³-hybridized carbons (Fsp3) is 0.350. The molecule has 0 radical (unpaired) electrons. The van der Waals surface area contributed by atoms with Crippen LogP contribution in [0.1, 0.15) is 31.4 Å². The zero-order chi connectivity index (χ0) is 19.2. The Bertz CT molecular complexity index is 802. The van der Waals surface area contributed by atoms with Gasteiger partial charge in [0.2, 0.25) is 11.8 Å². The lowest BCUT2D eigenvalue weighted by Gasteiger charge is -2.25. The van der Waals surface area contributed by atoms with E-state index in [1.807, 2.05) is 0 Å². The summed E-state index contributed by atoms with van der Waals surface area (Å²) in [6.45, 7) is 0.262. The number of benzene rings is 1. The smallest absolute Gasteiger partial charge is 0.306 e. The van der Waals surface area contributed by atoms with Gasteiger partial charge in [0.05, 0.1) is 18.2 Å². The van der Waals surface area contributed by atoms with Crippen molar-refractivity contribution in [1.29, 1.82) is 0 Å². The molecule has 0 saturated heterocycles. The topological polar surface area (TPSA) is 88.5 Å². The van der Waals surface area contributed by atoms with Crippen molar-refractivity contribution in [3.63, 3.8) is 0 Å². The normalized spacial score (nSPS) is 19.3. The number of nitrogens with zero attached hydrogens (tertiary/aromatic N) is 1. The number of nitrogens with one attached hydrogen (secondary N) is 1. The van der Waals surface area contributed by atoms with Crippen LogP contribution in [0, 0.1) is 17.7 Å². The van der Waals surface area contributed by atoms with Crippen molar-refractivity contribution in [3.8, 4) is 11.6 Å². The standard InChI is InChI=1S/C20H21FN2O4/c21-15-8-10-17(11-9-15)27-18-3-1-2-16(23-18)12-22-19(24)13-4-6-14(7-5-13)20(25)26/h1-3,8-11,13-14H,4-7,12H2,(H,22,24)(H,25,26). The lowest BCUT2D eigenvalue weighted by Crippen LogP contribution is -2.34. The summed E-state index contributed by atoms with van der Waals surface area (Å²) in [5, 5.41) is 11.9. The van der Waals surface area contributed by atoms with Gasteiger partial charge in [0.25, 0.3) is 0 Å². The summed E-state index contributed by atoms with van der Waals surface area (Å²) in [7, 11) is 0. The van der Waals surface area contributed by atoms with Gasteiger partial charge in [0.1, 0.15) is 11.6 Å². The maximum absolute atomic E-state index is 12.9. The first-order valence-corrected chi connectivity index (χ1v) is 8.91. The largest absolute Gasteiger partial charge is 0.481 e. The quantitative estimate of drug-likeness (QED) is 0.810. The number of hydrogen-bond donors (Lipinski definition) is 2. The van der Waals surface area contributed by atoms with Crippen molar-refractivity contribution in [2.24, 2.45) is 11.8 Å². The third-order valence-corrected chi connectivity index (χ3v) is 4.71. The molecule has 0 atom stereocenters. The van der Waals surface area contributed by atoms with E-state index in [0.717, 1.165) is 0 Å². The van der Waals surface area contributed by atoms with Crippen molar-refractivity contribution >= 4 is 11.9 Å². The van der Waals surface area contributed by atoms with Crippen LogP contribution in [0.15, 0.2) is 42.5 Å². The van der Waals surface area contributed by atoms with Crippen molar-refractivity contribution in [3.05, 3.63) is 54.0 Å². The zero-order valence-corrected chi connectivity index (χ0v) is 14.7. The van der Waals surface area contributed by atoms with Crippen molar-refractivity contribution in [1.82, 2.24) is 10.3 Å². The number of carbonyl (C=O) groups excluding carboxylic acids is 1. The monoisotopic (exact) mass is 372 g/mol. The average Bonchev–Trinajstić information content (AvgIpc) is 2.68. The van der Waals surface area contributed by atoms with Gasteiger partial charge in [0.15, 0.2) is 0 Å². The average molecular weight is 372 g/mol. The molecule has 1 aromatic heterocycles. The maximum Gasteiger partial charge on any atom is 0.306 e. The van der Waals surface area contributed by atoms with Gasteiger partial charge in [-0.05, 0) is 56.0 Å². The van der Waals surface area contributed by atoms with Gasteiger partial charge in [-0.3, -0.25) is 9.59 Å². The molecule has 2 aromatic rings. The number of amides is 1. The summed E-state index contributed by atoms with van der Waals surface area (Å²) < 4.78 is 18.5. The van der Waals surface area contributed by atoms with E-state index in [4.69, 9.17) is 9.84 Å². The molecule has 0 bridgehead atoms. The number of carboxylic acids is 1. The van der Waals surface area contributed by atoms with E-state index < -0.39 is 5.97 Å². The van der Waals surface area contributed by atoms with Gasteiger partial charge in [-0.25, -0.2) is 9.37 Å². The van der Waals surface area contributed by atoms with Crippen LogP contribution in [0.2, 0.25) is 0 Å². The molecule has 27 heavy (non-hydrogen) atoms. The molecule has 1 saturated carbocycles. The molecule has 0 spiro atoms. The van der Waals surface area contributed by atoms with Gasteiger partial charge < -0.3 is 15.2 Å². The number of aliphatic carboxylic acids is 1. The number of halogens is 1. The Hall–Kier alpha value is -2.96. The molecule has 142 valence electrons. The summed E-state index contributed by atoms with van der Waals surface area (Å²) in [6, 6.07) is 10.9. The van der Waals surface area contributed by atoms with Gasteiger partial charge in [-0.1, -0.05) is 6.07 Å². The summed E-state index contributed by atoms with van der Waals surface area (Å²) >= 11 is 0. The SMILES string of the molecule is O=C(O)C1CCC(C(=O)NCc2cccc(Oc3ccc(F)cc3)n2)CC1. The van der Waals surface area contributed by atoms with Gasteiger partial charge in [-0.2, -0.15) is 0 Å². The molecule has 1 aliphatic carbocycles. The van der Waals surface area contributed by atoms with Crippen LogP contribution in [0.25, 0.3) is 0 Å². The molecule has 1 amide bonds. The molecular weight excluding hydrogens is 351 g/mol. The molecule has 1 aliphatic rings. The summed E-state index contributed by atoms with van der Waals surface area (Å²) in [5.74, 6) is -0.864. The Morgan fingerprint density at radius 3 is 2.41 bits per heavy atom. The minimum absolute atomic E-state index is 0.0782. The summed E-state index contributed by atoms with van der Waals surface area (Å²) in [4.78, 5) is 27.6. The highest BCUT2D eigenvalue weighted by Gasteiger charge is 2.29. The van der Waals surface area contributed by atoms with Crippen molar-refractivity contribution in [2.45, 2.75) is 32.2 Å². The molecule has 7 heteroatoms.